The Hall–Kier alpha value is -2.57. The van der Waals surface area contributed by atoms with Crippen molar-refractivity contribution < 1.29 is 23.9 Å². The highest BCUT2D eigenvalue weighted by Crippen LogP contribution is 2.28. The van der Waals surface area contributed by atoms with Crippen LogP contribution in [0.15, 0.2) is 24.3 Å². The summed E-state index contributed by atoms with van der Waals surface area (Å²) in [5, 5.41) is 0. The summed E-state index contributed by atoms with van der Waals surface area (Å²) in [7, 11) is 1.78. The Morgan fingerprint density at radius 3 is 2.43 bits per heavy atom. The lowest BCUT2D eigenvalue weighted by Gasteiger charge is -2.33. The minimum Gasteiger partial charge on any atom is -0.494 e. The summed E-state index contributed by atoms with van der Waals surface area (Å²) >= 11 is 0. The molecule has 164 valence electrons. The molecule has 7 heteroatoms. The molecule has 1 aliphatic heterocycles. The van der Waals surface area contributed by atoms with E-state index in [9.17, 15) is 14.4 Å². The third kappa shape index (κ3) is 5.32. The smallest absolute Gasteiger partial charge is 0.311 e. The molecule has 3 rings (SSSR count). The average Bonchev–Trinajstić information content (AvgIpc) is 3.14. The molecule has 1 aromatic rings. The van der Waals surface area contributed by atoms with Gasteiger partial charge in [0, 0.05) is 31.7 Å². The average molecular weight is 417 g/mol. The molecule has 0 N–H and O–H groups in total. The molecule has 2 aliphatic rings. The first-order valence-electron chi connectivity index (χ1n) is 10.8. The SMILES string of the molecule is CCOc1ccc(N2CC(C(=O)OCC(=O)N(C)C3CCC(C)CC3)CC2=O)cc1. The van der Waals surface area contributed by atoms with E-state index in [1.807, 2.05) is 6.92 Å². The Balaban J connectivity index is 1.49. The Labute approximate surface area is 178 Å². The van der Waals surface area contributed by atoms with Crippen molar-refractivity contribution in [2.24, 2.45) is 11.8 Å². The first-order valence-corrected chi connectivity index (χ1v) is 10.8. The molecule has 7 nitrogen and oxygen atoms in total. The van der Waals surface area contributed by atoms with Gasteiger partial charge in [-0.1, -0.05) is 6.92 Å². The van der Waals surface area contributed by atoms with Gasteiger partial charge >= 0.3 is 5.97 Å². The molecule has 0 aromatic heterocycles. The highest BCUT2D eigenvalue weighted by atomic mass is 16.5. The van der Waals surface area contributed by atoms with Gasteiger partial charge in [-0.05, 0) is 62.8 Å². The predicted octanol–water partition coefficient (Wildman–Crippen LogP) is 3.02. The molecule has 1 heterocycles. The number of ether oxygens (including phenoxy) is 2. The molecular formula is C23H32N2O5. The highest BCUT2D eigenvalue weighted by molar-refractivity contribution is 5.99. The van der Waals surface area contributed by atoms with Crippen molar-refractivity contribution in [1.29, 1.82) is 0 Å². The van der Waals surface area contributed by atoms with Crippen LogP contribution >= 0.6 is 0 Å². The van der Waals surface area contributed by atoms with E-state index in [0.717, 1.165) is 37.1 Å². The number of amides is 2. The van der Waals surface area contributed by atoms with Crippen LogP contribution in [0, 0.1) is 11.8 Å². The van der Waals surface area contributed by atoms with E-state index in [0.29, 0.717) is 12.5 Å². The van der Waals surface area contributed by atoms with Crippen molar-refractivity contribution in [2.45, 2.75) is 52.0 Å². The van der Waals surface area contributed by atoms with Crippen LogP contribution in [0.2, 0.25) is 0 Å². The lowest BCUT2D eigenvalue weighted by atomic mass is 9.87. The van der Waals surface area contributed by atoms with Crippen molar-refractivity contribution in [1.82, 2.24) is 4.90 Å². The Morgan fingerprint density at radius 1 is 1.13 bits per heavy atom. The lowest BCUT2D eigenvalue weighted by Crippen LogP contribution is -2.41. The van der Waals surface area contributed by atoms with E-state index >= 15 is 0 Å². The van der Waals surface area contributed by atoms with Crippen LogP contribution in [-0.2, 0) is 19.1 Å². The van der Waals surface area contributed by atoms with Crippen LogP contribution in [0.25, 0.3) is 0 Å². The largest absolute Gasteiger partial charge is 0.494 e. The van der Waals surface area contributed by atoms with Gasteiger partial charge in [-0.15, -0.1) is 0 Å². The monoisotopic (exact) mass is 416 g/mol. The van der Waals surface area contributed by atoms with Gasteiger partial charge in [0.25, 0.3) is 5.91 Å². The summed E-state index contributed by atoms with van der Waals surface area (Å²) in [6, 6.07) is 7.44. The maximum absolute atomic E-state index is 12.5. The number of benzene rings is 1. The second-order valence-corrected chi connectivity index (χ2v) is 8.36. The normalized spacial score (nSPS) is 23.9. The number of anilines is 1. The molecule has 0 spiro atoms. The van der Waals surface area contributed by atoms with Gasteiger partial charge in [-0.3, -0.25) is 14.4 Å². The Morgan fingerprint density at radius 2 is 1.80 bits per heavy atom. The zero-order valence-corrected chi connectivity index (χ0v) is 18.1. The molecular weight excluding hydrogens is 384 g/mol. The van der Waals surface area contributed by atoms with E-state index in [1.54, 1.807) is 41.1 Å². The van der Waals surface area contributed by atoms with E-state index in [1.165, 1.54) is 0 Å². The first-order chi connectivity index (χ1) is 14.4. The van der Waals surface area contributed by atoms with Crippen LogP contribution in [0.3, 0.4) is 0 Å². The fraction of sp³-hybridized carbons (Fsp3) is 0.609. The molecule has 1 saturated carbocycles. The van der Waals surface area contributed by atoms with E-state index in [-0.39, 0.29) is 37.4 Å². The van der Waals surface area contributed by atoms with Crippen LogP contribution in [0.1, 0.15) is 46.0 Å². The maximum Gasteiger partial charge on any atom is 0.311 e. The number of hydrogen-bond acceptors (Lipinski definition) is 5. The minimum atomic E-state index is -0.558. The molecule has 1 atom stereocenters. The van der Waals surface area contributed by atoms with Crippen molar-refractivity contribution in [3.8, 4) is 5.75 Å². The second-order valence-electron chi connectivity index (χ2n) is 8.36. The molecule has 0 radical (unpaired) electrons. The Bertz CT molecular complexity index is 755. The van der Waals surface area contributed by atoms with Crippen molar-refractivity contribution >= 4 is 23.5 Å². The van der Waals surface area contributed by atoms with Crippen LogP contribution in [0.5, 0.6) is 5.75 Å². The van der Waals surface area contributed by atoms with Gasteiger partial charge in [-0.2, -0.15) is 0 Å². The highest BCUT2D eigenvalue weighted by Gasteiger charge is 2.36. The molecule has 2 fully saturated rings. The summed E-state index contributed by atoms with van der Waals surface area (Å²) < 4.78 is 10.7. The zero-order chi connectivity index (χ0) is 21.7. The third-order valence-corrected chi connectivity index (χ3v) is 6.18. The molecule has 2 amide bonds. The number of carbonyl (C=O) groups excluding carboxylic acids is 3. The number of nitrogens with zero attached hydrogens (tertiary/aromatic N) is 2. The number of hydrogen-bond donors (Lipinski definition) is 0. The molecule has 30 heavy (non-hydrogen) atoms. The van der Waals surface area contributed by atoms with Gasteiger partial charge in [-0.25, -0.2) is 0 Å². The quantitative estimate of drug-likeness (QED) is 0.639. The third-order valence-electron chi connectivity index (χ3n) is 6.18. The maximum atomic E-state index is 12.5. The molecule has 1 aliphatic carbocycles. The zero-order valence-electron chi connectivity index (χ0n) is 18.1. The van der Waals surface area contributed by atoms with Crippen LogP contribution in [-0.4, -0.2) is 55.5 Å². The Kier molecular flexibility index (Phi) is 7.34. The number of rotatable bonds is 7. The topological polar surface area (TPSA) is 76.2 Å². The van der Waals surface area contributed by atoms with Gasteiger partial charge in [0.1, 0.15) is 5.75 Å². The number of carbonyl (C=O) groups is 3. The predicted molar refractivity (Wildman–Crippen MR) is 113 cm³/mol. The molecule has 1 saturated heterocycles. The van der Waals surface area contributed by atoms with Crippen LogP contribution < -0.4 is 9.64 Å². The summed E-state index contributed by atoms with van der Waals surface area (Å²) in [6.07, 6.45) is 4.31. The number of esters is 1. The van der Waals surface area contributed by atoms with Crippen molar-refractivity contribution in [3.05, 3.63) is 24.3 Å². The van der Waals surface area contributed by atoms with Gasteiger partial charge < -0.3 is 19.3 Å². The summed E-state index contributed by atoms with van der Waals surface area (Å²) in [5.74, 6) is 0.0877. The van der Waals surface area contributed by atoms with Gasteiger partial charge in [0.15, 0.2) is 6.61 Å². The van der Waals surface area contributed by atoms with Crippen molar-refractivity contribution in [2.75, 3.05) is 31.7 Å². The summed E-state index contributed by atoms with van der Waals surface area (Å²) in [4.78, 5) is 40.6. The van der Waals surface area contributed by atoms with Gasteiger partial charge in [0.2, 0.25) is 5.91 Å². The fourth-order valence-corrected chi connectivity index (χ4v) is 4.19. The molecule has 1 aromatic carbocycles. The van der Waals surface area contributed by atoms with E-state index in [2.05, 4.69) is 6.92 Å². The standard InChI is InChI=1S/C23H32N2O5/c1-4-29-20-11-9-19(10-12-20)25-14-17(13-21(25)26)23(28)30-15-22(27)24(3)18-7-5-16(2)6-8-18/h9-12,16-18H,4-8,13-15H2,1-3H3. The second kappa shape index (κ2) is 9.96. The van der Waals surface area contributed by atoms with E-state index in [4.69, 9.17) is 9.47 Å². The minimum absolute atomic E-state index is 0.0938. The first kappa shape index (κ1) is 22.1. The van der Waals surface area contributed by atoms with Crippen molar-refractivity contribution in [3.63, 3.8) is 0 Å². The molecule has 0 bridgehead atoms. The summed E-state index contributed by atoms with van der Waals surface area (Å²) in [5.41, 5.74) is 0.723. The van der Waals surface area contributed by atoms with Crippen LogP contribution in [0.4, 0.5) is 5.69 Å². The lowest BCUT2D eigenvalue weighted by molar-refractivity contribution is -0.155. The number of likely N-dealkylation sites (N-methyl/N-ethyl adjacent to an activating group) is 1. The molecule has 1 unspecified atom stereocenters. The van der Waals surface area contributed by atoms with E-state index < -0.39 is 11.9 Å². The summed E-state index contributed by atoms with van der Waals surface area (Å²) in [6.45, 7) is 4.71. The van der Waals surface area contributed by atoms with Gasteiger partial charge in [0.05, 0.1) is 12.5 Å². The fourth-order valence-electron chi connectivity index (χ4n) is 4.19.